The first-order valence-electron chi connectivity index (χ1n) is 5.77. The van der Waals surface area contributed by atoms with Gasteiger partial charge in [0, 0.05) is 7.11 Å². The molecule has 2 aromatic rings. The van der Waals surface area contributed by atoms with E-state index in [0.29, 0.717) is 11.3 Å². The monoisotopic (exact) mass is 258 g/mol. The Balaban J connectivity index is 2.52. The lowest BCUT2D eigenvalue weighted by Crippen LogP contribution is -2.07. The summed E-state index contributed by atoms with van der Waals surface area (Å²) < 4.78 is 10.1. The third-order valence-corrected chi connectivity index (χ3v) is 2.66. The van der Waals surface area contributed by atoms with Gasteiger partial charge in [0.15, 0.2) is 6.79 Å². The summed E-state index contributed by atoms with van der Waals surface area (Å²) in [5.74, 6) is -0.721. The van der Waals surface area contributed by atoms with Gasteiger partial charge < -0.3 is 14.6 Å². The molecule has 19 heavy (non-hydrogen) atoms. The van der Waals surface area contributed by atoms with Gasteiger partial charge in [-0.1, -0.05) is 42.5 Å². The van der Waals surface area contributed by atoms with Crippen molar-refractivity contribution in [1.29, 1.82) is 0 Å². The third kappa shape index (κ3) is 2.92. The fourth-order valence-corrected chi connectivity index (χ4v) is 1.85. The molecule has 0 amide bonds. The van der Waals surface area contributed by atoms with Gasteiger partial charge in [-0.15, -0.1) is 0 Å². The van der Waals surface area contributed by atoms with Gasteiger partial charge >= 0.3 is 5.97 Å². The van der Waals surface area contributed by atoms with Crippen LogP contribution in [0, 0.1) is 0 Å². The Morgan fingerprint density at radius 1 is 1.11 bits per heavy atom. The second-order valence-corrected chi connectivity index (χ2v) is 3.90. The highest BCUT2D eigenvalue weighted by Gasteiger charge is 2.17. The molecule has 0 aliphatic heterocycles. The first-order valence-corrected chi connectivity index (χ1v) is 5.77. The van der Waals surface area contributed by atoms with E-state index in [1.807, 2.05) is 30.3 Å². The highest BCUT2D eigenvalue weighted by molar-refractivity contribution is 5.99. The molecule has 0 atom stereocenters. The molecule has 0 aliphatic carbocycles. The van der Waals surface area contributed by atoms with E-state index in [-0.39, 0.29) is 12.4 Å². The number of carboxylic acid groups (broad SMARTS) is 1. The lowest BCUT2D eigenvalue weighted by atomic mass is 9.99. The Labute approximate surface area is 111 Å². The number of carboxylic acids is 1. The van der Waals surface area contributed by atoms with Crippen LogP contribution >= 0.6 is 0 Å². The van der Waals surface area contributed by atoms with E-state index in [1.54, 1.807) is 18.2 Å². The molecule has 0 heterocycles. The number of hydrogen-bond acceptors (Lipinski definition) is 3. The Morgan fingerprint density at radius 2 is 1.84 bits per heavy atom. The van der Waals surface area contributed by atoms with Gasteiger partial charge in [-0.05, 0) is 17.2 Å². The van der Waals surface area contributed by atoms with E-state index >= 15 is 0 Å². The Kier molecular flexibility index (Phi) is 4.15. The minimum atomic E-state index is -1.02. The summed E-state index contributed by atoms with van der Waals surface area (Å²) in [5, 5.41) is 9.39. The quantitative estimate of drug-likeness (QED) is 0.837. The smallest absolute Gasteiger partial charge is 0.340 e. The van der Waals surface area contributed by atoms with Gasteiger partial charge in [0.25, 0.3) is 0 Å². The number of benzene rings is 2. The van der Waals surface area contributed by atoms with Crippen LogP contribution in [0.4, 0.5) is 0 Å². The van der Waals surface area contributed by atoms with Gasteiger partial charge in [-0.25, -0.2) is 4.79 Å². The second kappa shape index (κ2) is 6.02. The van der Waals surface area contributed by atoms with Gasteiger partial charge in [0.05, 0.1) is 0 Å². The molecule has 0 saturated heterocycles. The molecule has 0 fully saturated rings. The van der Waals surface area contributed by atoms with Crippen molar-refractivity contribution < 1.29 is 19.4 Å². The van der Waals surface area contributed by atoms with Crippen LogP contribution < -0.4 is 4.74 Å². The lowest BCUT2D eigenvalue weighted by Gasteiger charge is -2.12. The van der Waals surface area contributed by atoms with Crippen LogP contribution in [0.1, 0.15) is 10.4 Å². The minimum Gasteiger partial charge on any atom is -0.478 e. The van der Waals surface area contributed by atoms with Gasteiger partial charge in [0.1, 0.15) is 11.3 Å². The molecule has 4 nitrogen and oxygen atoms in total. The highest BCUT2D eigenvalue weighted by atomic mass is 16.7. The van der Waals surface area contributed by atoms with Crippen LogP contribution in [0.3, 0.4) is 0 Å². The van der Waals surface area contributed by atoms with E-state index in [9.17, 15) is 9.90 Å². The molecule has 0 unspecified atom stereocenters. The lowest BCUT2D eigenvalue weighted by molar-refractivity contribution is 0.0484. The van der Waals surface area contributed by atoms with E-state index in [1.165, 1.54) is 7.11 Å². The minimum absolute atomic E-state index is 0.0124. The van der Waals surface area contributed by atoms with Crippen LogP contribution in [0.2, 0.25) is 0 Å². The zero-order chi connectivity index (χ0) is 13.7. The predicted molar refractivity (Wildman–Crippen MR) is 71.3 cm³/mol. The van der Waals surface area contributed by atoms with Crippen molar-refractivity contribution >= 4 is 5.97 Å². The van der Waals surface area contributed by atoms with E-state index in [0.717, 1.165) is 5.56 Å². The van der Waals surface area contributed by atoms with E-state index in [2.05, 4.69) is 0 Å². The summed E-state index contributed by atoms with van der Waals surface area (Å²) >= 11 is 0. The number of rotatable bonds is 5. The van der Waals surface area contributed by atoms with Crippen molar-refractivity contribution in [3.05, 3.63) is 54.1 Å². The zero-order valence-electron chi connectivity index (χ0n) is 10.5. The second-order valence-electron chi connectivity index (χ2n) is 3.90. The predicted octanol–water partition coefficient (Wildman–Crippen LogP) is 3.03. The Bertz CT molecular complexity index is 564. The van der Waals surface area contributed by atoms with Crippen molar-refractivity contribution in [1.82, 2.24) is 0 Å². The molecule has 1 N–H and O–H groups in total. The maximum Gasteiger partial charge on any atom is 0.340 e. The number of ether oxygens (including phenoxy) is 2. The molecule has 0 spiro atoms. The van der Waals surface area contributed by atoms with Crippen molar-refractivity contribution in [2.24, 2.45) is 0 Å². The first kappa shape index (κ1) is 13.1. The number of methoxy groups -OCH3 is 1. The average Bonchev–Trinajstić information content (AvgIpc) is 2.45. The summed E-state index contributed by atoms with van der Waals surface area (Å²) in [6.07, 6.45) is 0. The molecule has 0 aromatic heterocycles. The Morgan fingerprint density at radius 3 is 2.47 bits per heavy atom. The zero-order valence-corrected chi connectivity index (χ0v) is 10.5. The molecule has 0 bridgehead atoms. The molecular formula is C15H14O4. The Hall–Kier alpha value is -2.33. The summed E-state index contributed by atoms with van der Waals surface area (Å²) in [4.78, 5) is 11.5. The largest absolute Gasteiger partial charge is 0.478 e. The van der Waals surface area contributed by atoms with Gasteiger partial charge in [0.2, 0.25) is 0 Å². The standard InChI is InChI=1S/C15H14O4/c1-18-10-19-13-9-5-8-12(14(13)15(16)17)11-6-3-2-4-7-11/h2-9H,10H2,1H3,(H,16,17). The van der Waals surface area contributed by atoms with Crippen LogP contribution in [0.15, 0.2) is 48.5 Å². The SMILES string of the molecule is COCOc1cccc(-c2ccccc2)c1C(=O)O. The first-order chi connectivity index (χ1) is 9.24. The molecule has 0 saturated carbocycles. The van der Waals surface area contributed by atoms with E-state index in [4.69, 9.17) is 9.47 Å². The summed E-state index contributed by atoms with van der Waals surface area (Å²) in [5.41, 5.74) is 1.61. The number of aromatic carboxylic acids is 1. The molecule has 2 rings (SSSR count). The topological polar surface area (TPSA) is 55.8 Å². The number of carbonyl (C=O) groups is 1. The van der Waals surface area contributed by atoms with Crippen LogP contribution in [0.25, 0.3) is 11.1 Å². The van der Waals surface area contributed by atoms with Crippen LogP contribution in [0.5, 0.6) is 5.75 Å². The van der Waals surface area contributed by atoms with E-state index < -0.39 is 5.97 Å². The fraction of sp³-hybridized carbons (Fsp3) is 0.133. The van der Waals surface area contributed by atoms with Crippen molar-refractivity contribution in [2.45, 2.75) is 0 Å². The van der Waals surface area contributed by atoms with Gasteiger partial charge in [-0.3, -0.25) is 0 Å². The van der Waals surface area contributed by atoms with Crippen molar-refractivity contribution in [2.75, 3.05) is 13.9 Å². The maximum absolute atomic E-state index is 11.5. The number of hydrogen-bond donors (Lipinski definition) is 1. The summed E-state index contributed by atoms with van der Waals surface area (Å²) in [6, 6.07) is 14.5. The third-order valence-electron chi connectivity index (χ3n) is 2.66. The van der Waals surface area contributed by atoms with Crippen LogP contribution in [-0.4, -0.2) is 25.0 Å². The molecule has 0 radical (unpaired) electrons. The normalized spacial score (nSPS) is 10.2. The molecule has 2 aromatic carbocycles. The highest BCUT2D eigenvalue weighted by Crippen LogP contribution is 2.30. The molecular weight excluding hydrogens is 244 g/mol. The summed E-state index contributed by atoms with van der Waals surface area (Å²) in [7, 11) is 1.49. The van der Waals surface area contributed by atoms with Crippen molar-refractivity contribution in [3.8, 4) is 16.9 Å². The maximum atomic E-state index is 11.5. The molecule has 98 valence electrons. The van der Waals surface area contributed by atoms with Crippen LogP contribution in [-0.2, 0) is 4.74 Å². The van der Waals surface area contributed by atoms with Gasteiger partial charge in [-0.2, -0.15) is 0 Å². The summed E-state index contributed by atoms with van der Waals surface area (Å²) in [6.45, 7) is 0.0124. The van der Waals surface area contributed by atoms with Crippen molar-refractivity contribution in [3.63, 3.8) is 0 Å². The molecule has 0 aliphatic rings. The average molecular weight is 258 g/mol. The fourth-order valence-electron chi connectivity index (χ4n) is 1.85. The molecule has 4 heteroatoms.